The first-order chi connectivity index (χ1) is 8.33. The highest BCUT2D eigenvalue weighted by Crippen LogP contribution is 2.33. The second-order valence-electron chi connectivity index (χ2n) is 3.99. The average Bonchev–Trinajstić information content (AvgIpc) is 2.23. The van der Waals surface area contributed by atoms with Crippen molar-refractivity contribution in [3.63, 3.8) is 0 Å². The summed E-state index contributed by atoms with van der Waals surface area (Å²) < 4.78 is 41.2. The summed E-state index contributed by atoms with van der Waals surface area (Å²) in [7, 11) is 0. The summed E-state index contributed by atoms with van der Waals surface area (Å²) in [5.74, 6) is -2.18. The summed E-state index contributed by atoms with van der Waals surface area (Å²) in [6, 6.07) is 6.18. The fraction of sp³-hybridized carbons (Fsp3) is 0.364. The van der Waals surface area contributed by atoms with Crippen molar-refractivity contribution in [3.05, 3.63) is 34.9 Å². The fourth-order valence-electron chi connectivity index (χ4n) is 1.68. The van der Waals surface area contributed by atoms with E-state index in [2.05, 4.69) is 10.1 Å². The van der Waals surface area contributed by atoms with E-state index in [1.165, 1.54) is 0 Å². The third kappa shape index (κ3) is 2.44. The van der Waals surface area contributed by atoms with Crippen molar-refractivity contribution in [2.45, 2.75) is 11.8 Å². The standard InChI is InChI=1S/C11H9ClF3NO2/c12-8-3-1-7(2-4-8)10(5-16-6-10)18-9(17)11(13,14)15/h1-4,16H,5-6H2. The maximum Gasteiger partial charge on any atom is 0.490 e. The summed E-state index contributed by atoms with van der Waals surface area (Å²) in [5.41, 5.74) is -0.764. The van der Waals surface area contributed by atoms with Crippen LogP contribution in [0.3, 0.4) is 0 Å². The molecule has 98 valence electrons. The van der Waals surface area contributed by atoms with Gasteiger partial charge in [0.1, 0.15) is 0 Å². The average molecular weight is 280 g/mol. The lowest BCUT2D eigenvalue weighted by Gasteiger charge is -2.42. The zero-order valence-corrected chi connectivity index (χ0v) is 9.81. The van der Waals surface area contributed by atoms with Crippen LogP contribution in [0.5, 0.6) is 0 Å². The summed E-state index contributed by atoms with van der Waals surface area (Å²) >= 11 is 5.70. The van der Waals surface area contributed by atoms with Crippen molar-refractivity contribution in [2.75, 3.05) is 13.1 Å². The Morgan fingerprint density at radius 2 is 1.83 bits per heavy atom. The van der Waals surface area contributed by atoms with Crippen LogP contribution in [0.2, 0.25) is 5.02 Å². The van der Waals surface area contributed by atoms with Gasteiger partial charge in [-0.1, -0.05) is 23.7 Å². The zero-order chi connectivity index (χ0) is 13.4. The number of carbonyl (C=O) groups is 1. The van der Waals surface area contributed by atoms with Gasteiger partial charge in [-0.2, -0.15) is 13.2 Å². The van der Waals surface area contributed by atoms with Gasteiger partial charge in [-0.05, 0) is 17.7 Å². The molecule has 0 radical (unpaired) electrons. The van der Waals surface area contributed by atoms with E-state index < -0.39 is 17.7 Å². The molecule has 1 N–H and O–H groups in total. The van der Waals surface area contributed by atoms with Gasteiger partial charge >= 0.3 is 12.1 Å². The maximum absolute atomic E-state index is 12.2. The number of ether oxygens (including phenoxy) is 1. The molecule has 1 aliphatic rings. The van der Waals surface area contributed by atoms with Crippen molar-refractivity contribution >= 4 is 17.6 Å². The van der Waals surface area contributed by atoms with Gasteiger partial charge in [0.15, 0.2) is 5.60 Å². The lowest BCUT2D eigenvalue weighted by atomic mass is 9.88. The zero-order valence-electron chi connectivity index (χ0n) is 9.05. The highest BCUT2D eigenvalue weighted by Gasteiger charge is 2.50. The van der Waals surface area contributed by atoms with Crippen molar-refractivity contribution in [1.82, 2.24) is 5.32 Å². The van der Waals surface area contributed by atoms with Crippen molar-refractivity contribution in [3.8, 4) is 0 Å². The molecule has 3 nitrogen and oxygen atoms in total. The van der Waals surface area contributed by atoms with Crippen LogP contribution >= 0.6 is 11.6 Å². The molecule has 1 saturated heterocycles. The normalized spacial score (nSPS) is 18.0. The Morgan fingerprint density at radius 1 is 1.28 bits per heavy atom. The number of hydrogen-bond donors (Lipinski definition) is 1. The van der Waals surface area contributed by atoms with Crippen LogP contribution in [0, 0.1) is 0 Å². The number of esters is 1. The summed E-state index contributed by atoms with van der Waals surface area (Å²) in [6.07, 6.45) is -4.99. The first kappa shape index (κ1) is 13.2. The van der Waals surface area contributed by atoms with Gasteiger partial charge in [-0.3, -0.25) is 0 Å². The summed E-state index contributed by atoms with van der Waals surface area (Å²) in [6.45, 7) is 0.299. The predicted molar refractivity (Wildman–Crippen MR) is 58.1 cm³/mol. The first-order valence-corrected chi connectivity index (χ1v) is 5.48. The molecule has 1 aromatic rings. The molecular formula is C11H9ClF3NO2. The van der Waals surface area contributed by atoms with Gasteiger partial charge in [-0.15, -0.1) is 0 Å². The highest BCUT2D eigenvalue weighted by atomic mass is 35.5. The molecule has 1 heterocycles. The molecular weight excluding hydrogens is 271 g/mol. The fourth-order valence-corrected chi connectivity index (χ4v) is 1.80. The monoisotopic (exact) mass is 279 g/mol. The predicted octanol–water partition coefficient (Wildman–Crippen LogP) is 2.24. The number of halogens is 4. The number of alkyl halides is 3. The molecule has 0 aromatic heterocycles. The molecule has 0 unspecified atom stereocenters. The summed E-state index contributed by atoms with van der Waals surface area (Å²) in [4.78, 5) is 10.9. The van der Waals surface area contributed by atoms with E-state index in [-0.39, 0.29) is 13.1 Å². The maximum atomic E-state index is 12.2. The Labute approximate surface area is 106 Å². The number of hydrogen-bond acceptors (Lipinski definition) is 3. The van der Waals surface area contributed by atoms with Crippen molar-refractivity contribution in [1.29, 1.82) is 0 Å². The second kappa shape index (κ2) is 4.44. The second-order valence-corrected chi connectivity index (χ2v) is 4.43. The smallest absolute Gasteiger partial charge is 0.445 e. The molecule has 1 aliphatic heterocycles. The van der Waals surface area contributed by atoms with Crippen LogP contribution in [0.1, 0.15) is 5.56 Å². The Bertz CT molecular complexity index is 454. The Morgan fingerprint density at radius 3 is 2.22 bits per heavy atom. The van der Waals surface area contributed by atoms with E-state index in [0.29, 0.717) is 10.6 Å². The minimum Gasteiger partial charge on any atom is -0.445 e. The SMILES string of the molecule is O=C(OC1(c2ccc(Cl)cc2)CNC1)C(F)(F)F. The van der Waals surface area contributed by atoms with Crippen LogP contribution in [0.4, 0.5) is 13.2 Å². The third-order valence-corrected chi connectivity index (χ3v) is 2.96. The van der Waals surface area contributed by atoms with Gasteiger partial charge in [-0.25, -0.2) is 4.79 Å². The number of carbonyl (C=O) groups excluding carboxylic acids is 1. The molecule has 1 fully saturated rings. The van der Waals surface area contributed by atoms with Crippen LogP contribution in [0.25, 0.3) is 0 Å². The van der Waals surface area contributed by atoms with E-state index in [0.717, 1.165) is 0 Å². The Kier molecular flexibility index (Phi) is 3.25. The van der Waals surface area contributed by atoms with E-state index in [1.54, 1.807) is 24.3 Å². The van der Waals surface area contributed by atoms with Crippen LogP contribution in [-0.4, -0.2) is 25.2 Å². The Hall–Kier alpha value is -1.27. The van der Waals surface area contributed by atoms with E-state index in [9.17, 15) is 18.0 Å². The summed E-state index contributed by atoms with van der Waals surface area (Å²) in [5, 5.41) is 3.26. The lowest BCUT2D eigenvalue weighted by molar-refractivity contribution is -0.219. The quantitative estimate of drug-likeness (QED) is 0.844. The number of benzene rings is 1. The van der Waals surface area contributed by atoms with Crippen molar-refractivity contribution < 1.29 is 22.7 Å². The number of rotatable bonds is 2. The lowest BCUT2D eigenvalue weighted by Crippen LogP contribution is -2.60. The van der Waals surface area contributed by atoms with E-state index in [4.69, 9.17) is 11.6 Å². The molecule has 7 heteroatoms. The van der Waals surface area contributed by atoms with Crippen LogP contribution in [0.15, 0.2) is 24.3 Å². The molecule has 0 saturated carbocycles. The highest BCUT2D eigenvalue weighted by molar-refractivity contribution is 6.30. The molecule has 2 rings (SSSR count). The number of nitrogens with one attached hydrogen (secondary N) is 1. The van der Waals surface area contributed by atoms with Gasteiger partial charge in [0.05, 0.1) is 0 Å². The molecule has 1 aromatic carbocycles. The third-order valence-electron chi connectivity index (χ3n) is 2.71. The van der Waals surface area contributed by atoms with Crippen LogP contribution in [-0.2, 0) is 15.1 Å². The van der Waals surface area contributed by atoms with Gasteiger partial charge in [0, 0.05) is 18.1 Å². The Balaban J connectivity index is 2.21. The molecule has 0 atom stereocenters. The molecule has 0 bridgehead atoms. The van der Waals surface area contributed by atoms with E-state index >= 15 is 0 Å². The molecule has 0 spiro atoms. The van der Waals surface area contributed by atoms with Gasteiger partial charge in [0.25, 0.3) is 0 Å². The largest absolute Gasteiger partial charge is 0.490 e. The van der Waals surface area contributed by atoms with E-state index in [1.807, 2.05) is 0 Å². The van der Waals surface area contributed by atoms with Gasteiger partial charge < -0.3 is 10.1 Å². The minimum absolute atomic E-state index is 0.149. The first-order valence-electron chi connectivity index (χ1n) is 5.10. The minimum atomic E-state index is -4.99. The topological polar surface area (TPSA) is 38.3 Å². The van der Waals surface area contributed by atoms with Gasteiger partial charge in [0.2, 0.25) is 0 Å². The molecule has 0 aliphatic carbocycles. The molecule has 18 heavy (non-hydrogen) atoms. The van der Waals surface area contributed by atoms with Crippen LogP contribution < -0.4 is 5.32 Å². The van der Waals surface area contributed by atoms with Crippen molar-refractivity contribution in [2.24, 2.45) is 0 Å². The molecule has 0 amide bonds.